The third-order valence-electron chi connectivity index (χ3n) is 2.04. The van der Waals surface area contributed by atoms with Crippen LogP contribution in [-0.2, 0) is 16.1 Å². The molecular formula is C10H12N2O6. The van der Waals surface area contributed by atoms with E-state index in [1.54, 1.807) is 0 Å². The van der Waals surface area contributed by atoms with Crippen LogP contribution in [0.25, 0.3) is 0 Å². The molecule has 0 bridgehead atoms. The summed E-state index contributed by atoms with van der Waals surface area (Å²) in [5.74, 6) is -3.04. The zero-order chi connectivity index (χ0) is 13.7. The van der Waals surface area contributed by atoms with Crippen LogP contribution in [-0.4, -0.2) is 34.1 Å². The lowest BCUT2D eigenvalue weighted by Gasteiger charge is -2.08. The first-order valence-corrected chi connectivity index (χ1v) is 4.97. The molecule has 0 aliphatic carbocycles. The quantitative estimate of drug-likeness (QED) is 0.531. The van der Waals surface area contributed by atoms with Crippen molar-refractivity contribution in [3.8, 4) is 0 Å². The summed E-state index contributed by atoms with van der Waals surface area (Å²) in [6.45, 7) is -0.0561. The highest BCUT2D eigenvalue weighted by molar-refractivity contribution is 5.86. The third kappa shape index (κ3) is 3.91. The Morgan fingerprint density at radius 3 is 2.50 bits per heavy atom. The summed E-state index contributed by atoms with van der Waals surface area (Å²) in [6.07, 6.45) is -0.482. The number of aromatic carboxylic acids is 1. The molecule has 1 aromatic rings. The number of carbonyl (C=O) groups is 3. The highest BCUT2D eigenvalue weighted by Gasteiger charge is 2.17. The number of nitrogens with two attached hydrogens (primary N) is 1. The molecule has 98 valence electrons. The van der Waals surface area contributed by atoms with Crippen LogP contribution in [0.5, 0.6) is 0 Å². The van der Waals surface area contributed by atoms with Gasteiger partial charge < -0.3 is 25.7 Å². The maximum atomic E-state index is 11.3. The summed E-state index contributed by atoms with van der Waals surface area (Å²) in [4.78, 5) is 32.2. The van der Waals surface area contributed by atoms with Crippen molar-refractivity contribution in [2.24, 2.45) is 5.73 Å². The molecule has 0 fully saturated rings. The molecule has 0 radical (unpaired) electrons. The molecule has 1 unspecified atom stereocenters. The molecule has 0 spiro atoms. The van der Waals surface area contributed by atoms with Crippen molar-refractivity contribution in [1.82, 2.24) is 5.32 Å². The number of carbonyl (C=O) groups excluding carboxylic acids is 1. The number of aliphatic carboxylic acids is 1. The lowest BCUT2D eigenvalue weighted by atomic mass is 10.2. The van der Waals surface area contributed by atoms with Gasteiger partial charge >= 0.3 is 11.9 Å². The van der Waals surface area contributed by atoms with E-state index in [1.165, 1.54) is 12.1 Å². The summed E-state index contributed by atoms with van der Waals surface area (Å²) in [5.41, 5.74) is 5.32. The fourth-order valence-corrected chi connectivity index (χ4v) is 1.17. The van der Waals surface area contributed by atoms with E-state index in [9.17, 15) is 14.4 Å². The van der Waals surface area contributed by atoms with Crippen molar-refractivity contribution < 1.29 is 29.0 Å². The highest BCUT2D eigenvalue weighted by Crippen LogP contribution is 2.07. The van der Waals surface area contributed by atoms with Crippen molar-refractivity contribution in [3.05, 3.63) is 23.7 Å². The van der Waals surface area contributed by atoms with Crippen LogP contribution in [0.2, 0.25) is 0 Å². The van der Waals surface area contributed by atoms with E-state index in [-0.39, 0.29) is 18.1 Å². The van der Waals surface area contributed by atoms with E-state index in [1.807, 2.05) is 0 Å². The monoisotopic (exact) mass is 256 g/mol. The number of nitrogens with one attached hydrogen (secondary N) is 1. The van der Waals surface area contributed by atoms with Crippen molar-refractivity contribution in [2.75, 3.05) is 0 Å². The largest absolute Gasteiger partial charge is 0.481 e. The number of hydrogen-bond donors (Lipinski definition) is 4. The molecule has 0 aliphatic rings. The highest BCUT2D eigenvalue weighted by atomic mass is 16.4. The van der Waals surface area contributed by atoms with E-state index in [2.05, 4.69) is 5.32 Å². The maximum Gasteiger partial charge on any atom is 0.371 e. The van der Waals surface area contributed by atoms with E-state index in [0.29, 0.717) is 0 Å². The molecule has 0 aliphatic heterocycles. The van der Waals surface area contributed by atoms with Crippen LogP contribution in [0.3, 0.4) is 0 Å². The van der Waals surface area contributed by atoms with E-state index in [4.69, 9.17) is 20.4 Å². The van der Waals surface area contributed by atoms with Gasteiger partial charge in [0.1, 0.15) is 5.76 Å². The lowest BCUT2D eigenvalue weighted by molar-refractivity contribution is -0.139. The second kappa shape index (κ2) is 5.82. The van der Waals surface area contributed by atoms with Gasteiger partial charge in [-0.1, -0.05) is 0 Å². The SMILES string of the molecule is NC(CC(=O)O)C(=O)NCc1ccc(C(=O)O)o1. The minimum Gasteiger partial charge on any atom is -0.481 e. The molecule has 8 nitrogen and oxygen atoms in total. The number of carboxylic acids is 2. The molecular weight excluding hydrogens is 244 g/mol. The topological polar surface area (TPSA) is 143 Å². The van der Waals surface area contributed by atoms with Crippen LogP contribution < -0.4 is 11.1 Å². The number of hydrogen-bond acceptors (Lipinski definition) is 5. The Balaban J connectivity index is 2.46. The molecule has 5 N–H and O–H groups in total. The first-order chi connectivity index (χ1) is 8.40. The Kier molecular flexibility index (Phi) is 4.44. The van der Waals surface area contributed by atoms with Crippen molar-refractivity contribution in [3.63, 3.8) is 0 Å². The number of carboxylic acid groups (broad SMARTS) is 2. The summed E-state index contributed by atoms with van der Waals surface area (Å²) in [7, 11) is 0. The lowest BCUT2D eigenvalue weighted by Crippen LogP contribution is -2.41. The molecule has 1 atom stereocenters. The predicted molar refractivity (Wildman–Crippen MR) is 57.7 cm³/mol. The number of amides is 1. The van der Waals surface area contributed by atoms with E-state index in [0.717, 1.165) is 0 Å². The number of furan rings is 1. The van der Waals surface area contributed by atoms with Gasteiger partial charge in [-0.25, -0.2) is 4.79 Å². The van der Waals surface area contributed by atoms with E-state index >= 15 is 0 Å². The van der Waals surface area contributed by atoms with Gasteiger partial charge in [0.2, 0.25) is 11.7 Å². The van der Waals surface area contributed by atoms with Gasteiger partial charge in [-0.05, 0) is 12.1 Å². The second-order valence-corrected chi connectivity index (χ2v) is 3.49. The molecule has 1 amide bonds. The standard InChI is InChI=1S/C10H12N2O6/c11-6(3-8(13)14)9(15)12-4-5-1-2-7(18-5)10(16)17/h1-2,6H,3-4,11H2,(H,12,15)(H,13,14)(H,16,17). The first-order valence-electron chi connectivity index (χ1n) is 4.97. The molecule has 0 saturated carbocycles. The Labute approximate surface area is 101 Å². The average Bonchev–Trinajstić information content (AvgIpc) is 2.73. The van der Waals surface area contributed by atoms with Gasteiger partial charge in [0.25, 0.3) is 0 Å². The molecule has 0 saturated heterocycles. The Morgan fingerprint density at radius 1 is 1.33 bits per heavy atom. The minimum absolute atomic E-state index is 0.0561. The van der Waals surface area contributed by atoms with Gasteiger partial charge in [0.15, 0.2) is 0 Å². The van der Waals surface area contributed by atoms with Gasteiger partial charge in [-0.15, -0.1) is 0 Å². The molecule has 0 aromatic carbocycles. The Bertz CT molecular complexity index is 467. The van der Waals surface area contributed by atoms with Crippen LogP contribution >= 0.6 is 0 Å². The molecule has 1 rings (SSSR count). The predicted octanol–water partition coefficient (Wildman–Crippen LogP) is -0.604. The van der Waals surface area contributed by atoms with Crippen LogP contribution in [0.4, 0.5) is 0 Å². The normalized spacial score (nSPS) is 11.8. The van der Waals surface area contributed by atoms with Crippen molar-refractivity contribution >= 4 is 17.8 Å². The molecule has 18 heavy (non-hydrogen) atoms. The second-order valence-electron chi connectivity index (χ2n) is 3.49. The van der Waals surface area contributed by atoms with Crippen LogP contribution in [0, 0.1) is 0 Å². The third-order valence-corrected chi connectivity index (χ3v) is 2.04. The molecule has 1 aromatic heterocycles. The van der Waals surface area contributed by atoms with Crippen LogP contribution in [0.1, 0.15) is 22.7 Å². The number of rotatable bonds is 6. The molecule has 1 heterocycles. The summed E-state index contributed by atoms with van der Waals surface area (Å²) < 4.78 is 4.88. The summed E-state index contributed by atoms with van der Waals surface area (Å²) in [5, 5.41) is 19.4. The Morgan fingerprint density at radius 2 is 2.00 bits per heavy atom. The summed E-state index contributed by atoms with van der Waals surface area (Å²) >= 11 is 0. The van der Waals surface area contributed by atoms with Gasteiger partial charge in [0, 0.05) is 0 Å². The smallest absolute Gasteiger partial charge is 0.371 e. The molecule has 8 heteroatoms. The van der Waals surface area contributed by atoms with Crippen molar-refractivity contribution in [1.29, 1.82) is 0 Å². The fraction of sp³-hybridized carbons (Fsp3) is 0.300. The van der Waals surface area contributed by atoms with Gasteiger partial charge in [-0.3, -0.25) is 9.59 Å². The zero-order valence-corrected chi connectivity index (χ0v) is 9.25. The van der Waals surface area contributed by atoms with E-state index < -0.39 is 30.3 Å². The zero-order valence-electron chi connectivity index (χ0n) is 9.25. The van der Waals surface area contributed by atoms with Crippen molar-refractivity contribution in [2.45, 2.75) is 19.0 Å². The van der Waals surface area contributed by atoms with Crippen LogP contribution in [0.15, 0.2) is 16.5 Å². The summed E-state index contributed by atoms with van der Waals surface area (Å²) in [6, 6.07) is 1.49. The first kappa shape index (κ1) is 13.7. The Hall–Kier alpha value is -2.35. The van der Waals surface area contributed by atoms with Gasteiger partial charge in [-0.2, -0.15) is 0 Å². The average molecular weight is 256 g/mol. The fourth-order valence-electron chi connectivity index (χ4n) is 1.17. The minimum atomic E-state index is -1.21. The van der Waals surface area contributed by atoms with Gasteiger partial charge in [0.05, 0.1) is 19.0 Å². The maximum absolute atomic E-state index is 11.3.